The number of fused-ring (bicyclic) bond motifs is 1. The smallest absolute Gasteiger partial charge is 0.240 e. The fourth-order valence-corrected chi connectivity index (χ4v) is 4.36. The second-order valence-corrected chi connectivity index (χ2v) is 8.35. The maximum atomic E-state index is 12.4. The number of sulfonamides is 1. The quantitative estimate of drug-likeness (QED) is 0.838. The predicted octanol–water partition coefficient (Wildman–Crippen LogP) is 1.000. The summed E-state index contributed by atoms with van der Waals surface area (Å²) in [6.45, 7) is 3.75. The lowest BCUT2D eigenvalue weighted by atomic mass is 10.1. The summed E-state index contributed by atoms with van der Waals surface area (Å²) in [5.74, 6) is 0.420. The van der Waals surface area contributed by atoms with Gasteiger partial charge in [-0.3, -0.25) is 4.79 Å². The summed E-state index contributed by atoms with van der Waals surface area (Å²) in [6, 6.07) is 4.87. The van der Waals surface area contributed by atoms with E-state index in [0.29, 0.717) is 12.3 Å². The molecule has 2 aliphatic rings. The second-order valence-electron chi connectivity index (χ2n) is 6.59. The number of hydrogen-bond acceptors (Lipinski definition) is 4. The summed E-state index contributed by atoms with van der Waals surface area (Å²) >= 11 is 0. The van der Waals surface area contributed by atoms with Crippen LogP contribution in [-0.4, -0.2) is 33.0 Å². The van der Waals surface area contributed by atoms with Crippen molar-refractivity contribution < 1.29 is 13.2 Å². The molecule has 2 atom stereocenters. The third kappa shape index (κ3) is 3.27. The van der Waals surface area contributed by atoms with E-state index in [-0.39, 0.29) is 29.4 Å². The lowest BCUT2D eigenvalue weighted by Crippen LogP contribution is -2.38. The van der Waals surface area contributed by atoms with Crippen molar-refractivity contribution in [2.45, 2.75) is 50.1 Å². The van der Waals surface area contributed by atoms with E-state index in [1.54, 1.807) is 23.1 Å². The Morgan fingerprint density at radius 3 is 2.74 bits per heavy atom. The molecule has 1 fully saturated rings. The summed E-state index contributed by atoms with van der Waals surface area (Å²) < 4.78 is 27.5. The molecular weight excluding hydrogens is 314 g/mol. The highest BCUT2D eigenvalue weighted by Crippen LogP contribution is 2.34. The molecule has 1 aliphatic carbocycles. The number of hydrogen-bond donors (Lipinski definition) is 2. The predicted molar refractivity (Wildman–Crippen MR) is 88.7 cm³/mol. The van der Waals surface area contributed by atoms with Crippen LogP contribution >= 0.6 is 0 Å². The molecule has 7 heteroatoms. The molecule has 0 bridgehead atoms. The Morgan fingerprint density at radius 2 is 2.13 bits per heavy atom. The van der Waals surface area contributed by atoms with Crippen molar-refractivity contribution in [3.8, 4) is 0 Å². The molecule has 1 heterocycles. The van der Waals surface area contributed by atoms with Crippen LogP contribution in [0.1, 0.15) is 32.3 Å². The largest absolute Gasteiger partial charge is 0.326 e. The van der Waals surface area contributed by atoms with Crippen LogP contribution in [0.5, 0.6) is 0 Å². The van der Waals surface area contributed by atoms with Crippen molar-refractivity contribution >= 4 is 21.6 Å². The Kier molecular flexibility index (Phi) is 4.20. The van der Waals surface area contributed by atoms with Gasteiger partial charge in [0.25, 0.3) is 0 Å². The molecule has 23 heavy (non-hydrogen) atoms. The first-order valence-corrected chi connectivity index (χ1v) is 9.46. The molecule has 2 unspecified atom stereocenters. The van der Waals surface area contributed by atoms with E-state index in [1.807, 2.05) is 6.92 Å². The molecule has 1 aliphatic heterocycles. The lowest BCUT2D eigenvalue weighted by Gasteiger charge is -2.20. The number of rotatable bonds is 5. The zero-order valence-corrected chi connectivity index (χ0v) is 14.3. The molecule has 126 valence electrons. The van der Waals surface area contributed by atoms with Gasteiger partial charge >= 0.3 is 0 Å². The van der Waals surface area contributed by atoms with Crippen LogP contribution < -0.4 is 15.4 Å². The summed E-state index contributed by atoms with van der Waals surface area (Å²) in [5, 5.41) is 0. The van der Waals surface area contributed by atoms with Gasteiger partial charge in [0.05, 0.1) is 4.90 Å². The molecular formula is C16H23N3O3S. The number of carbonyl (C=O) groups is 1. The van der Waals surface area contributed by atoms with Crippen molar-refractivity contribution in [1.82, 2.24) is 4.72 Å². The highest BCUT2D eigenvalue weighted by molar-refractivity contribution is 7.89. The van der Waals surface area contributed by atoms with E-state index in [4.69, 9.17) is 5.73 Å². The highest BCUT2D eigenvalue weighted by Gasteiger charge is 2.31. The van der Waals surface area contributed by atoms with E-state index >= 15 is 0 Å². The molecule has 1 aromatic carbocycles. The molecule has 0 spiro atoms. The van der Waals surface area contributed by atoms with E-state index in [1.165, 1.54) is 6.92 Å². The minimum atomic E-state index is -3.57. The van der Waals surface area contributed by atoms with Gasteiger partial charge in [-0.1, -0.05) is 0 Å². The third-order valence-corrected chi connectivity index (χ3v) is 6.07. The minimum absolute atomic E-state index is 0.0274. The second kappa shape index (κ2) is 5.89. The molecule has 3 N–H and O–H groups in total. The van der Waals surface area contributed by atoms with Crippen LogP contribution in [0.25, 0.3) is 0 Å². The maximum absolute atomic E-state index is 12.4. The van der Waals surface area contributed by atoms with Gasteiger partial charge in [0, 0.05) is 31.2 Å². The van der Waals surface area contributed by atoms with Crippen molar-refractivity contribution in [3.63, 3.8) is 0 Å². The number of nitrogens with zero attached hydrogens (tertiary/aromatic N) is 1. The topological polar surface area (TPSA) is 92.5 Å². The first kappa shape index (κ1) is 16.4. The molecule has 1 amide bonds. The van der Waals surface area contributed by atoms with Crippen LogP contribution in [0.3, 0.4) is 0 Å². The zero-order chi connectivity index (χ0) is 16.8. The van der Waals surface area contributed by atoms with Crippen molar-refractivity contribution in [1.29, 1.82) is 0 Å². The monoisotopic (exact) mass is 337 g/mol. The average molecular weight is 337 g/mol. The maximum Gasteiger partial charge on any atom is 0.240 e. The Hall–Kier alpha value is -1.44. The SMILES string of the molecule is CC(=O)N1c2ccc(S(=O)(=O)NCC(N)C3CC3)cc2CC1C. The van der Waals surface area contributed by atoms with E-state index in [0.717, 1.165) is 24.1 Å². The zero-order valence-electron chi connectivity index (χ0n) is 13.5. The van der Waals surface area contributed by atoms with Crippen molar-refractivity contribution in [3.05, 3.63) is 23.8 Å². The van der Waals surface area contributed by atoms with Crippen molar-refractivity contribution in [2.75, 3.05) is 11.4 Å². The van der Waals surface area contributed by atoms with Crippen LogP contribution in [0.4, 0.5) is 5.69 Å². The number of nitrogens with two attached hydrogens (primary N) is 1. The Balaban J connectivity index is 1.79. The normalized spacial score (nSPS) is 22.0. The van der Waals surface area contributed by atoms with Gasteiger partial charge in [0.15, 0.2) is 0 Å². The van der Waals surface area contributed by atoms with E-state index in [2.05, 4.69) is 4.72 Å². The fourth-order valence-electron chi connectivity index (χ4n) is 3.23. The van der Waals surface area contributed by atoms with Crippen LogP contribution in [-0.2, 0) is 21.2 Å². The van der Waals surface area contributed by atoms with Crippen molar-refractivity contribution in [2.24, 2.45) is 11.7 Å². The number of carbonyl (C=O) groups excluding carboxylic acids is 1. The highest BCUT2D eigenvalue weighted by atomic mass is 32.2. The summed E-state index contributed by atoms with van der Waals surface area (Å²) in [6.07, 6.45) is 2.83. The fraction of sp³-hybridized carbons (Fsp3) is 0.562. The molecule has 1 saturated carbocycles. The molecule has 1 aromatic rings. The Bertz CT molecular complexity index is 728. The average Bonchev–Trinajstić information content (AvgIpc) is 3.26. The van der Waals surface area contributed by atoms with Gasteiger partial charge in [0.2, 0.25) is 15.9 Å². The molecule has 3 rings (SSSR count). The standard InChI is InChI=1S/C16H23N3O3S/c1-10-7-13-8-14(5-6-16(13)19(10)11(2)20)23(21,22)18-9-15(17)12-3-4-12/h5-6,8,10,12,15,18H,3-4,7,9,17H2,1-2H3. The van der Waals surface area contributed by atoms with Gasteiger partial charge in [0.1, 0.15) is 0 Å². The lowest BCUT2D eigenvalue weighted by molar-refractivity contribution is -0.116. The summed E-state index contributed by atoms with van der Waals surface area (Å²) in [4.78, 5) is 13.7. The van der Waals surface area contributed by atoms with Crippen LogP contribution in [0, 0.1) is 5.92 Å². The molecule has 0 aromatic heterocycles. The molecule has 0 radical (unpaired) electrons. The number of anilines is 1. The van der Waals surface area contributed by atoms with Crippen LogP contribution in [0.2, 0.25) is 0 Å². The van der Waals surface area contributed by atoms with Gasteiger partial charge in [-0.25, -0.2) is 13.1 Å². The number of nitrogens with one attached hydrogen (secondary N) is 1. The Labute approximate surface area is 137 Å². The first-order chi connectivity index (χ1) is 10.8. The van der Waals surface area contributed by atoms with Gasteiger partial charge in [-0.05, 0) is 55.9 Å². The Morgan fingerprint density at radius 1 is 1.43 bits per heavy atom. The number of amides is 1. The minimum Gasteiger partial charge on any atom is -0.326 e. The summed E-state index contributed by atoms with van der Waals surface area (Å²) in [5.41, 5.74) is 7.65. The molecule has 6 nitrogen and oxygen atoms in total. The van der Waals surface area contributed by atoms with E-state index < -0.39 is 10.0 Å². The third-order valence-electron chi connectivity index (χ3n) is 4.65. The number of benzene rings is 1. The van der Waals surface area contributed by atoms with Gasteiger partial charge in [-0.2, -0.15) is 0 Å². The molecule has 0 saturated heterocycles. The summed E-state index contributed by atoms with van der Waals surface area (Å²) in [7, 11) is -3.57. The first-order valence-electron chi connectivity index (χ1n) is 7.97. The van der Waals surface area contributed by atoms with Crippen LogP contribution in [0.15, 0.2) is 23.1 Å². The van der Waals surface area contributed by atoms with E-state index in [9.17, 15) is 13.2 Å². The van der Waals surface area contributed by atoms with Gasteiger partial charge in [-0.15, -0.1) is 0 Å². The van der Waals surface area contributed by atoms with Gasteiger partial charge < -0.3 is 10.6 Å².